The van der Waals surface area contributed by atoms with Crippen LogP contribution in [-0.4, -0.2) is 13.2 Å². The molecule has 4 saturated carbocycles. The fourth-order valence-corrected chi connectivity index (χ4v) is 10.8. The van der Waals surface area contributed by atoms with Crippen molar-refractivity contribution in [1.29, 1.82) is 0 Å². The molecule has 34 heavy (non-hydrogen) atoms. The zero-order chi connectivity index (χ0) is 24.6. The Bertz CT molecular complexity index is 742. The van der Waals surface area contributed by atoms with Crippen molar-refractivity contribution < 1.29 is 4.74 Å². The molecule has 0 N–H and O–H groups in total. The normalized spacial score (nSPS) is 52.1. The largest absolute Gasteiger partial charge is 0.381 e. The van der Waals surface area contributed by atoms with Crippen LogP contribution in [0.25, 0.3) is 0 Å². The van der Waals surface area contributed by atoms with Crippen molar-refractivity contribution in [2.24, 2.45) is 62.6 Å². The van der Waals surface area contributed by atoms with E-state index in [4.69, 9.17) is 4.74 Å². The van der Waals surface area contributed by atoms with E-state index >= 15 is 0 Å². The Morgan fingerprint density at radius 2 is 1.56 bits per heavy atom. The van der Waals surface area contributed by atoms with Gasteiger partial charge >= 0.3 is 0 Å². The molecule has 196 valence electrons. The SMILES string of the molecule is C[C@H](CC[C@@]1(C)CCOC1)[C@H]1CC[C@H]2[C@@H]3CC[C@H]4C[C@](C)(C(C)(C)C)CC[C@]4(C)[C@H]3CC[C@]12C. The first-order valence-electron chi connectivity index (χ1n) is 15.4. The second-order valence-corrected chi connectivity index (χ2v) is 16.5. The van der Waals surface area contributed by atoms with Crippen molar-refractivity contribution in [2.75, 3.05) is 13.2 Å². The molecule has 10 atom stereocenters. The van der Waals surface area contributed by atoms with Crippen LogP contribution in [-0.2, 0) is 4.74 Å². The Balaban J connectivity index is 1.28. The van der Waals surface area contributed by atoms with Gasteiger partial charge in [0.15, 0.2) is 0 Å². The summed E-state index contributed by atoms with van der Waals surface area (Å²) < 4.78 is 5.77. The van der Waals surface area contributed by atoms with Gasteiger partial charge in [0.2, 0.25) is 0 Å². The lowest BCUT2D eigenvalue weighted by Gasteiger charge is -2.64. The smallest absolute Gasteiger partial charge is 0.0520 e. The van der Waals surface area contributed by atoms with Crippen LogP contribution in [0.2, 0.25) is 0 Å². The van der Waals surface area contributed by atoms with Gasteiger partial charge in [-0.1, -0.05) is 55.4 Å². The highest BCUT2D eigenvalue weighted by Gasteiger charge is 2.62. The van der Waals surface area contributed by atoms with Gasteiger partial charge in [-0.3, -0.25) is 0 Å². The summed E-state index contributed by atoms with van der Waals surface area (Å²) in [6.45, 7) is 22.8. The Labute approximate surface area is 213 Å². The van der Waals surface area contributed by atoms with Gasteiger partial charge in [-0.15, -0.1) is 0 Å². The van der Waals surface area contributed by atoms with Gasteiger partial charge in [-0.05, 0) is 140 Å². The zero-order valence-corrected chi connectivity index (χ0v) is 24.3. The van der Waals surface area contributed by atoms with Crippen LogP contribution in [0.4, 0.5) is 0 Å². The molecule has 0 aromatic carbocycles. The van der Waals surface area contributed by atoms with Crippen molar-refractivity contribution in [3.05, 3.63) is 0 Å². The highest BCUT2D eigenvalue weighted by Crippen LogP contribution is 2.70. The second-order valence-electron chi connectivity index (χ2n) is 16.5. The van der Waals surface area contributed by atoms with Crippen LogP contribution in [0.3, 0.4) is 0 Å². The van der Waals surface area contributed by atoms with Crippen molar-refractivity contribution in [3.8, 4) is 0 Å². The van der Waals surface area contributed by atoms with Gasteiger partial charge in [-0.25, -0.2) is 0 Å². The second kappa shape index (κ2) is 8.49. The lowest BCUT2D eigenvalue weighted by atomic mass is 9.41. The molecule has 1 heteroatoms. The fourth-order valence-electron chi connectivity index (χ4n) is 10.8. The van der Waals surface area contributed by atoms with E-state index in [2.05, 4.69) is 55.4 Å². The summed E-state index contributed by atoms with van der Waals surface area (Å²) in [5.41, 5.74) is 2.66. The predicted octanol–water partition coefficient (Wildman–Crippen LogP) is 9.54. The highest BCUT2D eigenvalue weighted by molar-refractivity contribution is 5.11. The summed E-state index contributed by atoms with van der Waals surface area (Å²) >= 11 is 0. The van der Waals surface area contributed by atoms with Crippen molar-refractivity contribution in [3.63, 3.8) is 0 Å². The first-order valence-corrected chi connectivity index (χ1v) is 15.4. The average molecular weight is 471 g/mol. The summed E-state index contributed by atoms with van der Waals surface area (Å²) in [5, 5.41) is 0. The zero-order valence-electron chi connectivity index (χ0n) is 24.3. The summed E-state index contributed by atoms with van der Waals surface area (Å²) in [6, 6.07) is 0. The standard InChI is InChI=1S/C33H58O/c1-23(13-15-30(5)19-20-34-22-30)26-11-12-27-25-10-9-24-21-31(6,29(2,3)4)17-18-32(24,7)28(25)14-16-33(26,27)8/h23-28H,9-22H2,1-8H3/t23-,24+,25+,26-,27+,28+,30+,31-,32+,33-/m1/s1. The van der Waals surface area contributed by atoms with Gasteiger partial charge in [0.1, 0.15) is 0 Å². The molecule has 0 aromatic heterocycles. The molecule has 1 saturated heterocycles. The Morgan fingerprint density at radius 1 is 0.824 bits per heavy atom. The molecule has 0 aromatic rings. The summed E-state index contributed by atoms with van der Waals surface area (Å²) in [7, 11) is 0. The Kier molecular flexibility index (Phi) is 6.40. The van der Waals surface area contributed by atoms with E-state index in [1.54, 1.807) is 6.42 Å². The van der Waals surface area contributed by atoms with Crippen molar-refractivity contribution in [1.82, 2.24) is 0 Å². The number of ether oxygens (including phenoxy) is 1. The van der Waals surface area contributed by atoms with Crippen LogP contribution >= 0.6 is 0 Å². The van der Waals surface area contributed by atoms with Gasteiger partial charge in [0.05, 0.1) is 6.61 Å². The maximum atomic E-state index is 5.77. The molecule has 0 spiro atoms. The molecule has 4 aliphatic carbocycles. The van der Waals surface area contributed by atoms with E-state index in [0.717, 1.165) is 48.7 Å². The van der Waals surface area contributed by atoms with Crippen LogP contribution < -0.4 is 0 Å². The maximum absolute atomic E-state index is 5.77. The van der Waals surface area contributed by atoms with Gasteiger partial charge in [0.25, 0.3) is 0 Å². The van der Waals surface area contributed by atoms with Gasteiger partial charge in [-0.2, -0.15) is 0 Å². The molecule has 0 bridgehead atoms. The fraction of sp³-hybridized carbons (Fsp3) is 1.00. The Hall–Kier alpha value is -0.0400. The first kappa shape index (κ1) is 25.6. The number of hydrogen-bond acceptors (Lipinski definition) is 1. The Morgan fingerprint density at radius 3 is 2.24 bits per heavy atom. The quantitative estimate of drug-likeness (QED) is 0.397. The van der Waals surface area contributed by atoms with E-state index in [1.165, 1.54) is 70.6 Å². The lowest BCUT2D eigenvalue weighted by molar-refractivity contribution is -0.145. The third kappa shape index (κ3) is 3.96. The van der Waals surface area contributed by atoms with E-state index in [0.29, 0.717) is 27.1 Å². The van der Waals surface area contributed by atoms with Crippen molar-refractivity contribution >= 4 is 0 Å². The minimum absolute atomic E-state index is 0.437. The molecule has 0 unspecified atom stereocenters. The highest BCUT2D eigenvalue weighted by atomic mass is 16.5. The van der Waals surface area contributed by atoms with Crippen LogP contribution in [0.15, 0.2) is 0 Å². The van der Waals surface area contributed by atoms with Crippen LogP contribution in [0, 0.1) is 62.6 Å². The van der Waals surface area contributed by atoms with Gasteiger partial charge < -0.3 is 4.74 Å². The summed E-state index contributed by atoms with van der Waals surface area (Å²) in [5.74, 6) is 5.87. The number of hydrogen-bond donors (Lipinski definition) is 0. The van der Waals surface area contributed by atoms with Crippen LogP contribution in [0.1, 0.15) is 132 Å². The monoisotopic (exact) mass is 470 g/mol. The number of fused-ring (bicyclic) bond motifs is 5. The van der Waals surface area contributed by atoms with E-state index < -0.39 is 0 Å². The average Bonchev–Trinajstić information content (AvgIpc) is 3.35. The molecular weight excluding hydrogens is 412 g/mol. The minimum Gasteiger partial charge on any atom is -0.381 e. The van der Waals surface area contributed by atoms with Gasteiger partial charge in [0, 0.05) is 6.61 Å². The lowest BCUT2D eigenvalue weighted by Crippen LogP contribution is -2.55. The molecule has 1 heterocycles. The third-order valence-corrected chi connectivity index (χ3v) is 14.1. The van der Waals surface area contributed by atoms with E-state index in [-0.39, 0.29) is 0 Å². The maximum Gasteiger partial charge on any atom is 0.0520 e. The van der Waals surface area contributed by atoms with E-state index in [1.807, 2.05) is 0 Å². The van der Waals surface area contributed by atoms with Crippen molar-refractivity contribution in [2.45, 2.75) is 132 Å². The molecule has 1 aliphatic heterocycles. The first-order chi connectivity index (χ1) is 15.8. The summed E-state index contributed by atoms with van der Waals surface area (Å²) in [6.07, 6.45) is 17.7. The molecule has 1 nitrogen and oxygen atoms in total. The topological polar surface area (TPSA) is 9.23 Å². The molecule has 5 aliphatic rings. The molecule has 5 fully saturated rings. The number of rotatable bonds is 4. The molecule has 5 rings (SSSR count). The minimum atomic E-state index is 0.437. The molecule has 0 radical (unpaired) electrons. The summed E-state index contributed by atoms with van der Waals surface area (Å²) in [4.78, 5) is 0. The third-order valence-electron chi connectivity index (χ3n) is 14.1. The molecule has 0 amide bonds. The van der Waals surface area contributed by atoms with E-state index in [9.17, 15) is 0 Å². The van der Waals surface area contributed by atoms with Crippen LogP contribution in [0.5, 0.6) is 0 Å². The predicted molar refractivity (Wildman–Crippen MR) is 145 cm³/mol. The molecular formula is C33H58O.